The molecule has 2 rings (SSSR count). The predicted molar refractivity (Wildman–Crippen MR) is 63.2 cm³/mol. The summed E-state index contributed by atoms with van der Waals surface area (Å²) in [6.07, 6.45) is -2.67. The molecule has 0 bridgehead atoms. The minimum atomic E-state index is -4.46. The molecule has 98 valence electrons. The first kappa shape index (κ1) is 13.4. The quantitative estimate of drug-likeness (QED) is 0.622. The Balaban J connectivity index is 2.37. The third-order valence-electron chi connectivity index (χ3n) is 2.55. The molecule has 0 spiro atoms. The van der Waals surface area contributed by atoms with Gasteiger partial charge in [0.05, 0.1) is 22.6 Å². The number of ether oxygens (including phenoxy) is 1. The number of Topliss-reactive ketones (excluding diaryl/α,β-unsaturated/α-hetero) is 1. The van der Waals surface area contributed by atoms with Crippen molar-refractivity contribution in [1.29, 1.82) is 0 Å². The van der Waals surface area contributed by atoms with Crippen LogP contribution in [0.3, 0.4) is 0 Å². The first-order valence-corrected chi connectivity index (χ1v) is 6.51. The largest absolute Gasteiger partial charge is 0.490 e. The van der Waals surface area contributed by atoms with E-state index in [9.17, 15) is 18.0 Å². The van der Waals surface area contributed by atoms with Crippen molar-refractivity contribution < 1.29 is 22.7 Å². The Kier molecular flexibility index (Phi) is 3.66. The van der Waals surface area contributed by atoms with Gasteiger partial charge in [-0.15, -0.1) is 0 Å². The zero-order chi connectivity index (χ0) is 13.3. The monoisotopic (exact) mass is 322 g/mol. The highest BCUT2D eigenvalue weighted by molar-refractivity contribution is 9.09. The van der Waals surface area contributed by atoms with Gasteiger partial charge >= 0.3 is 6.18 Å². The van der Waals surface area contributed by atoms with Gasteiger partial charge in [0.25, 0.3) is 0 Å². The zero-order valence-corrected chi connectivity index (χ0v) is 10.8. The Bertz CT molecular complexity index is 467. The molecule has 0 atom stereocenters. The summed E-state index contributed by atoms with van der Waals surface area (Å²) in [5.41, 5.74) is -0.858. The van der Waals surface area contributed by atoms with E-state index in [2.05, 4.69) is 15.9 Å². The molecule has 1 aliphatic rings. The number of alkyl halides is 4. The minimum Gasteiger partial charge on any atom is -0.490 e. The number of ketones is 1. The van der Waals surface area contributed by atoms with E-state index < -0.39 is 17.5 Å². The highest BCUT2D eigenvalue weighted by atomic mass is 79.9. The SMILES string of the molecule is O=C(CBr)c1cc(C(F)(F)F)ccc1OC1CC1. The number of carbonyl (C=O) groups is 1. The van der Waals surface area contributed by atoms with Crippen molar-refractivity contribution in [1.82, 2.24) is 0 Å². The van der Waals surface area contributed by atoms with Gasteiger partial charge < -0.3 is 4.74 Å². The third kappa shape index (κ3) is 3.04. The lowest BCUT2D eigenvalue weighted by atomic mass is 10.1. The molecule has 0 heterocycles. The van der Waals surface area contributed by atoms with Gasteiger partial charge in [0, 0.05) is 0 Å². The zero-order valence-electron chi connectivity index (χ0n) is 9.26. The molecule has 0 amide bonds. The van der Waals surface area contributed by atoms with E-state index in [1.165, 1.54) is 6.07 Å². The molecule has 1 aromatic carbocycles. The Morgan fingerprint density at radius 1 is 1.39 bits per heavy atom. The molecule has 0 saturated heterocycles. The molecule has 1 aromatic rings. The molecular weight excluding hydrogens is 313 g/mol. The molecule has 1 fully saturated rings. The van der Waals surface area contributed by atoms with Crippen LogP contribution in [0, 0.1) is 0 Å². The van der Waals surface area contributed by atoms with Crippen LogP contribution >= 0.6 is 15.9 Å². The van der Waals surface area contributed by atoms with E-state index in [1.54, 1.807) is 0 Å². The number of benzene rings is 1. The summed E-state index contributed by atoms with van der Waals surface area (Å²) >= 11 is 2.96. The van der Waals surface area contributed by atoms with Crippen molar-refractivity contribution in [3.05, 3.63) is 29.3 Å². The van der Waals surface area contributed by atoms with E-state index >= 15 is 0 Å². The maximum absolute atomic E-state index is 12.6. The summed E-state index contributed by atoms with van der Waals surface area (Å²) in [6, 6.07) is 3.00. The van der Waals surface area contributed by atoms with Gasteiger partial charge in [-0.05, 0) is 31.0 Å². The topological polar surface area (TPSA) is 26.3 Å². The summed E-state index contributed by atoms with van der Waals surface area (Å²) < 4.78 is 43.2. The van der Waals surface area contributed by atoms with E-state index in [0.717, 1.165) is 25.0 Å². The molecule has 1 aliphatic carbocycles. The lowest BCUT2D eigenvalue weighted by molar-refractivity contribution is -0.137. The van der Waals surface area contributed by atoms with Crippen LogP contribution in [-0.4, -0.2) is 17.2 Å². The van der Waals surface area contributed by atoms with Gasteiger partial charge in [-0.25, -0.2) is 0 Å². The van der Waals surface area contributed by atoms with Gasteiger partial charge in [-0.2, -0.15) is 13.2 Å². The lowest BCUT2D eigenvalue weighted by Gasteiger charge is -2.13. The van der Waals surface area contributed by atoms with Crippen molar-refractivity contribution in [2.75, 3.05) is 5.33 Å². The van der Waals surface area contributed by atoms with Crippen molar-refractivity contribution in [2.45, 2.75) is 25.1 Å². The summed E-state index contributed by atoms with van der Waals surface area (Å²) in [6.45, 7) is 0. The van der Waals surface area contributed by atoms with E-state index in [-0.39, 0.29) is 22.7 Å². The third-order valence-corrected chi connectivity index (χ3v) is 3.06. The summed E-state index contributed by atoms with van der Waals surface area (Å²) in [5, 5.41) is -0.0324. The maximum atomic E-state index is 12.6. The first-order valence-electron chi connectivity index (χ1n) is 5.39. The van der Waals surface area contributed by atoms with Gasteiger partial charge in [-0.1, -0.05) is 15.9 Å². The summed E-state index contributed by atoms with van der Waals surface area (Å²) in [5.74, 6) is -0.188. The number of rotatable bonds is 4. The maximum Gasteiger partial charge on any atom is 0.416 e. The predicted octanol–water partition coefficient (Wildman–Crippen LogP) is 3.82. The molecule has 6 heteroatoms. The van der Waals surface area contributed by atoms with Gasteiger partial charge in [-0.3, -0.25) is 4.79 Å². The second kappa shape index (κ2) is 4.91. The molecule has 0 aromatic heterocycles. The van der Waals surface area contributed by atoms with Gasteiger partial charge in [0.15, 0.2) is 5.78 Å². The number of hydrogen-bond donors (Lipinski definition) is 0. The second-order valence-electron chi connectivity index (χ2n) is 4.08. The van der Waals surface area contributed by atoms with E-state index in [0.29, 0.717) is 0 Å². The lowest BCUT2D eigenvalue weighted by Crippen LogP contribution is -2.11. The number of hydrogen-bond acceptors (Lipinski definition) is 2. The van der Waals surface area contributed by atoms with Crippen molar-refractivity contribution in [3.63, 3.8) is 0 Å². The summed E-state index contributed by atoms with van der Waals surface area (Å²) in [7, 11) is 0. The normalized spacial score (nSPS) is 15.6. The Hall–Kier alpha value is -1.04. The molecule has 0 radical (unpaired) electrons. The molecule has 1 saturated carbocycles. The standard InChI is InChI=1S/C12H10BrF3O2/c13-6-10(17)9-5-7(12(14,15)16)1-4-11(9)18-8-2-3-8/h1,4-5,8H,2-3,6H2. The second-order valence-corrected chi connectivity index (χ2v) is 4.64. The van der Waals surface area contributed by atoms with Crippen LogP contribution in [0.15, 0.2) is 18.2 Å². The van der Waals surface area contributed by atoms with Crippen LogP contribution in [0.25, 0.3) is 0 Å². The molecule has 0 aliphatic heterocycles. The van der Waals surface area contributed by atoms with Crippen molar-refractivity contribution in [3.8, 4) is 5.75 Å². The Morgan fingerprint density at radius 3 is 2.56 bits per heavy atom. The average molecular weight is 323 g/mol. The molecule has 18 heavy (non-hydrogen) atoms. The Labute approximate surface area is 110 Å². The molecule has 2 nitrogen and oxygen atoms in total. The van der Waals surface area contributed by atoms with Gasteiger partial charge in [0.1, 0.15) is 5.75 Å². The molecule has 0 unspecified atom stereocenters. The van der Waals surface area contributed by atoms with Crippen molar-refractivity contribution >= 4 is 21.7 Å². The summed E-state index contributed by atoms with van der Waals surface area (Å²) in [4.78, 5) is 11.6. The van der Waals surface area contributed by atoms with Crippen LogP contribution in [0.2, 0.25) is 0 Å². The average Bonchev–Trinajstić information content (AvgIpc) is 3.11. The van der Waals surface area contributed by atoms with Crippen LogP contribution in [-0.2, 0) is 6.18 Å². The fourth-order valence-electron chi connectivity index (χ4n) is 1.46. The highest BCUT2D eigenvalue weighted by Crippen LogP contribution is 2.35. The van der Waals surface area contributed by atoms with Crippen LogP contribution < -0.4 is 4.74 Å². The van der Waals surface area contributed by atoms with E-state index in [4.69, 9.17) is 4.74 Å². The first-order chi connectivity index (χ1) is 8.41. The van der Waals surface area contributed by atoms with Crippen LogP contribution in [0.5, 0.6) is 5.75 Å². The number of halogens is 4. The smallest absolute Gasteiger partial charge is 0.416 e. The molecule has 0 N–H and O–H groups in total. The van der Waals surface area contributed by atoms with Gasteiger partial charge in [0.2, 0.25) is 0 Å². The fraction of sp³-hybridized carbons (Fsp3) is 0.417. The minimum absolute atomic E-state index is 0.0198. The van der Waals surface area contributed by atoms with Crippen LogP contribution in [0.4, 0.5) is 13.2 Å². The molecular formula is C12H10BrF3O2. The Morgan fingerprint density at radius 2 is 2.06 bits per heavy atom. The van der Waals surface area contributed by atoms with E-state index in [1.807, 2.05) is 0 Å². The van der Waals surface area contributed by atoms with Crippen LogP contribution in [0.1, 0.15) is 28.8 Å². The number of carbonyl (C=O) groups excluding carboxylic acids is 1. The van der Waals surface area contributed by atoms with Crippen molar-refractivity contribution in [2.24, 2.45) is 0 Å². The fourth-order valence-corrected chi connectivity index (χ4v) is 1.77. The highest BCUT2D eigenvalue weighted by Gasteiger charge is 2.33.